The Kier molecular flexibility index (Phi) is 15.8. The van der Waals surface area contributed by atoms with Gasteiger partial charge in [-0.05, 0) is 6.42 Å². The van der Waals surface area contributed by atoms with Gasteiger partial charge in [-0.25, -0.2) is 0 Å². The fourth-order valence-electron chi connectivity index (χ4n) is 3.04. The van der Waals surface area contributed by atoms with Gasteiger partial charge in [-0.1, -0.05) is 110 Å². The van der Waals surface area contributed by atoms with Gasteiger partial charge >= 0.3 is 0 Å². The predicted molar refractivity (Wildman–Crippen MR) is 109 cm³/mol. The first-order chi connectivity index (χ1) is 11.5. The molecule has 2 nitrogen and oxygen atoms in total. The molecule has 0 fully saturated rings. The van der Waals surface area contributed by atoms with Crippen molar-refractivity contribution < 1.29 is 9.59 Å². The van der Waals surface area contributed by atoms with Crippen LogP contribution in [0, 0.1) is 0 Å². The molecule has 3 heteroatoms. The first-order valence-electron chi connectivity index (χ1n) is 10.5. The fourth-order valence-corrected chi connectivity index (χ4v) is 4.00. The van der Waals surface area contributed by atoms with Gasteiger partial charge in [0.2, 0.25) is 0 Å². The Morgan fingerprint density at radius 2 is 1.00 bits per heavy atom. The second-order valence-corrected chi connectivity index (χ2v) is 12.2. The van der Waals surface area contributed by atoms with Crippen LogP contribution in [0.4, 0.5) is 0 Å². The normalized spacial score (nSPS) is 11.6. The molecule has 0 aliphatic rings. The van der Waals surface area contributed by atoms with Crippen LogP contribution in [0.25, 0.3) is 0 Å². The van der Waals surface area contributed by atoms with Crippen molar-refractivity contribution in [1.82, 2.24) is 0 Å². The van der Waals surface area contributed by atoms with E-state index in [0.29, 0.717) is 6.42 Å². The van der Waals surface area contributed by atoms with Crippen molar-refractivity contribution in [2.45, 2.75) is 123 Å². The molecule has 0 unspecified atom stereocenters. The highest BCUT2D eigenvalue weighted by Gasteiger charge is 2.29. The topological polar surface area (TPSA) is 34.1 Å². The Balaban J connectivity index is 3.21. The zero-order chi connectivity index (χ0) is 18.1. The fraction of sp³-hybridized carbons (Fsp3) is 0.905. The second kappa shape index (κ2) is 16.0. The van der Waals surface area contributed by atoms with Gasteiger partial charge in [-0.3, -0.25) is 0 Å². The largest absolute Gasteiger partial charge is 0.308 e. The number of hydrogen-bond acceptors (Lipinski definition) is 2. The van der Waals surface area contributed by atoms with E-state index in [1.54, 1.807) is 0 Å². The van der Waals surface area contributed by atoms with Gasteiger partial charge in [0.05, 0.1) is 0 Å². The smallest absolute Gasteiger partial charge is 0.198 e. The maximum absolute atomic E-state index is 11.9. The number of unbranched alkanes of at least 4 members (excludes halogenated alkanes) is 14. The molecule has 0 bridgehead atoms. The van der Waals surface area contributed by atoms with Crippen molar-refractivity contribution in [2.75, 3.05) is 0 Å². The standard InChI is InChI=1S/C21H42O2Si/c1-4-5-6-7-8-9-10-11-12-13-14-15-16-17-18-19-21(23)24(2,3)20-22/h20H,4-19H2,1-3H3. The molecule has 0 aromatic rings. The number of hydrogen-bond donors (Lipinski definition) is 0. The van der Waals surface area contributed by atoms with Crippen molar-refractivity contribution in [1.29, 1.82) is 0 Å². The number of rotatable bonds is 18. The molecule has 0 spiro atoms. The quantitative estimate of drug-likeness (QED) is 0.153. The van der Waals surface area contributed by atoms with E-state index in [4.69, 9.17) is 0 Å². The monoisotopic (exact) mass is 354 g/mol. The molecule has 0 aliphatic heterocycles. The maximum atomic E-state index is 11.9. The summed E-state index contributed by atoms with van der Waals surface area (Å²) in [6.45, 7) is 5.98. The van der Waals surface area contributed by atoms with Crippen molar-refractivity contribution in [3.8, 4) is 0 Å². The summed E-state index contributed by atoms with van der Waals surface area (Å²) in [5, 5.41) is 0.229. The highest BCUT2D eigenvalue weighted by atomic mass is 28.3. The summed E-state index contributed by atoms with van der Waals surface area (Å²) in [7, 11) is -2.21. The summed E-state index contributed by atoms with van der Waals surface area (Å²) in [6.07, 6.45) is 20.7. The minimum atomic E-state index is -2.21. The molecular weight excluding hydrogens is 312 g/mol. The zero-order valence-electron chi connectivity index (χ0n) is 16.7. The Morgan fingerprint density at radius 1 is 0.667 bits per heavy atom. The third kappa shape index (κ3) is 13.9. The predicted octanol–water partition coefficient (Wildman–Crippen LogP) is 6.84. The molecule has 24 heavy (non-hydrogen) atoms. The molecule has 0 amide bonds. The van der Waals surface area contributed by atoms with Gasteiger partial charge in [-0.15, -0.1) is 0 Å². The molecule has 0 saturated heterocycles. The summed E-state index contributed by atoms with van der Waals surface area (Å²) in [5.41, 5.74) is 0. The molecule has 0 saturated carbocycles. The molecule has 0 aromatic carbocycles. The van der Waals surface area contributed by atoms with E-state index in [-0.39, 0.29) is 5.41 Å². The van der Waals surface area contributed by atoms with Gasteiger partial charge < -0.3 is 9.59 Å². The summed E-state index contributed by atoms with van der Waals surface area (Å²) in [6, 6.07) is 0. The minimum absolute atomic E-state index is 0.229. The zero-order valence-corrected chi connectivity index (χ0v) is 17.7. The summed E-state index contributed by atoms with van der Waals surface area (Å²) in [5.74, 6) is 0.917. The van der Waals surface area contributed by atoms with Gasteiger partial charge in [-0.2, -0.15) is 0 Å². The molecule has 0 aromatic heterocycles. The third-order valence-corrected chi connectivity index (χ3v) is 7.30. The molecule has 0 rings (SSSR count). The Hall–Kier alpha value is -0.443. The Morgan fingerprint density at radius 3 is 1.33 bits per heavy atom. The van der Waals surface area contributed by atoms with E-state index in [2.05, 4.69) is 6.92 Å². The molecule has 0 N–H and O–H groups in total. The van der Waals surface area contributed by atoms with Crippen LogP contribution in [-0.2, 0) is 9.59 Å². The van der Waals surface area contributed by atoms with Gasteiger partial charge in [0, 0.05) is 6.42 Å². The van der Waals surface area contributed by atoms with E-state index in [1.807, 2.05) is 13.1 Å². The van der Waals surface area contributed by atoms with Crippen LogP contribution >= 0.6 is 0 Å². The average molecular weight is 355 g/mol. The lowest BCUT2D eigenvalue weighted by Gasteiger charge is -2.11. The van der Waals surface area contributed by atoms with E-state index in [9.17, 15) is 9.59 Å². The van der Waals surface area contributed by atoms with E-state index >= 15 is 0 Å². The lowest BCUT2D eigenvalue weighted by molar-refractivity contribution is -0.112. The van der Waals surface area contributed by atoms with Crippen LogP contribution in [0.15, 0.2) is 0 Å². The number of carbonyl (C=O) groups is 2. The van der Waals surface area contributed by atoms with Gasteiger partial charge in [0.25, 0.3) is 0 Å². The molecular formula is C21H42O2Si. The average Bonchev–Trinajstić information content (AvgIpc) is 2.58. The third-order valence-electron chi connectivity index (χ3n) is 5.02. The van der Waals surface area contributed by atoms with Gasteiger partial charge in [0.1, 0.15) is 11.3 Å². The SMILES string of the molecule is CCCCCCCCCCCCCCCCCC(=O)[Si](C)(C)C=O. The van der Waals surface area contributed by atoms with Gasteiger partial charge in [0.15, 0.2) is 8.07 Å². The van der Waals surface area contributed by atoms with Crippen LogP contribution in [-0.4, -0.2) is 19.4 Å². The molecule has 0 radical (unpaired) electrons. The maximum Gasteiger partial charge on any atom is 0.198 e. The molecule has 142 valence electrons. The Bertz CT molecular complexity index is 313. The van der Waals surface area contributed by atoms with E-state index < -0.39 is 8.07 Å². The molecule has 0 atom stereocenters. The van der Waals surface area contributed by atoms with Crippen LogP contribution in [0.1, 0.15) is 110 Å². The first kappa shape index (κ1) is 23.6. The summed E-state index contributed by atoms with van der Waals surface area (Å²) < 4.78 is 0. The van der Waals surface area contributed by atoms with Crippen LogP contribution in [0.3, 0.4) is 0 Å². The van der Waals surface area contributed by atoms with E-state index in [0.717, 1.165) is 18.8 Å². The summed E-state index contributed by atoms with van der Waals surface area (Å²) >= 11 is 0. The van der Waals surface area contributed by atoms with Crippen LogP contribution in [0.5, 0.6) is 0 Å². The lowest BCUT2D eigenvalue weighted by atomic mass is 10.0. The first-order valence-corrected chi connectivity index (χ1v) is 13.6. The van der Waals surface area contributed by atoms with Crippen molar-refractivity contribution in [3.63, 3.8) is 0 Å². The van der Waals surface area contributed by atoms with Crippen LogP contribution < -0.4 is 0 Å². The highest BCUT2D eigenvalue weighted by molar-refractivity contribution is 7.20. The highest BCUT2D eigenvalue weighted by Crippen LogP contribution is 2.14. The van der Waals surface area contributed by atoms with Crippen molar-refractivity contribution in [2.24, 2.45) is 0 Å². The minimum Gasteiger partial charge on any atom is -0.308 e. The lowest BCUT2D eigenvalue weighted by Crippen LogP contribution is -2.39. The summed E-state index contributed by atoms with van der Waals surface area (Å²) in [4.78, 5) is 22.7. The van der Waals surface area contributed by atoms with Crippen LogP contribution in [0.2, 0.25) is 13.1 Å². The van der Waals surface area contributed by atoms with Crippen molar-refractivity contribution in [3.05, 3.63) is 0 Å². The molecule has 0 heterocycles. The second-order valence-electron chi connectivity index (χ2n) is 7.96. The Labute approximate surface area is 152 Å². The van der Waals surface area contributed by atoms with E-state index in [1.165, 1.54) is 83.5 Å². The van der Waals surface area contributed by atoms with Crippen molar-refractivity contribution >= 4 is 19.4 Å². The number of carbonyl (C=O) groups excluding carboxylic acids is 2. The molecule has 0 aliphatic carbocycles.